The van der Waals surface area contributed by atoms with Gasteiger partial charge in [-0.25, -0.2) is 0 Å². The Morgan fingerprint density at radius 3 is 2.82 bits per heavy atom. The number of hydrogen-bond donors (Lipinski definition) is 1. The highest BCUT2D eigenvalue weighted by Gasteiger charge is 1.98. The summed E-state index contributed by atoms with van der Waals surface area (Å²) in [6, 6.07) is 8.59. The van der Waals surface area contributed by atoms with Gasteiger partial charge in [0.1, 0.15) is 5.75 Å². The summed E-state index contributed by atoms with van der Waals surface area (Å²) < 4.78 is 5.11. The van der Waals surface area contributed by atoms with Gasteiger partial charge in [-0.3, -0.25) is 0 Å². The molecule has 0 aliphatic heterocycles. The molecule has 0 atom stereocenters. The summed E-state index contributed by atoms with van der Waals surface area (Å²) in [5.41, 5.74) is 1.11. The average molecular weight is 168 g/mol. The molecule has 60 valence electrons. The molecule has 0 aromatic heterocycles. The van der Waals surface area contributed by atoms with E-state index in [0.29, 0.717) is 0 Å². The van der Waals surface area contributed by atoms with Crippen LogP contribution in [0.15, 0.2) is 24.3 Å². The molecule has 1 rings (SSSR count). The van der Waals surface area contributed by atoms with E-state index in [4.69, 9.17) is 9.53 Å². The lowest BCUT2D eigenvalue weighted by atomic mass is 10.2. The van der Waals surface area contributed by atoms with E-state index in [9.17, 15) is 0 Å². The predicted octanol–water partition coefficient (Wildman–Crippen LogP) is 0.271. The van der Waals surface area contributed by atoms with Crippen molar-refractivity contribution >= 4 is 9.76 Å². The molecular formula is C8H12O2Si. The molecule has 3 heteroatoms. The van der Waals surface area contributed by atoms with Crippen molar-refractivity contribution in [1.29, 1.82) is 0 Å². The number of methoxy groups -OCH3 is 1. The highest BCUT2D eigenvalue weighted by Crippen LogP contribution is 2.16. The molecule has 0 saturated carbocycles. The van der Waals surface area contributed by atoms with E-state index in [1.807, 2.05) is 24.3 Å². The van der Waals surface area contributed by atoms with Gasteiger partial charge >= 0.3 is 0 Å². The van der Waals surface area contributed by atoms with Crippen molar-refractivity contribution in [3.63, 3.8) is 0 Å². The summed E-state index contributed by atoms with van der Waals surface area (Å²) >= 11 is 0. The molecular weight excluding hydrogens is 156 g/mol. The smallest absolute Gasteiger partial charge is 0.161 e. The van der Waals surface area contributed by atoms with Gasteiger partial charge in [-0.15, -0.1) is 0 Å². The number of ether oxygens (including phenoxy) is 1. The minimum atomic E-state index is -0.895. The summed E-state index contributed by atoms with van der Waals surface area (Å²) in [5.74, 6) is 0.883. The van der Waals surface area contributed by atoms with E-state index < -0.39 is 9.76 Å². The Labute approximate surface area is 68.8 Å². The monoisotopic (exact) mass is 168 g/mol. The van der Waals surface area contributed by atoms with E-state index in [2.05, 4.69) is 0 Å². The van der Waals surface area contributed by atoms with Gasteiger partial charge in [0.15, 0.2) is 9.76 Å². The van der Waals surface area contributed by atoms with E-state index in [-0.39, 0.29) is 0 Å². The van der Waals surface area contributed by atoms with Gasteiger partial charge in [-0.05, 0) is 17.7 Å². The third-order valence-corrected chi connectivity index (χ3v) is 2.34. The molecule has 2 nitrogen and oxygen atoms in total. The third-order valence-electron chi connectivity index (χ3n) is 1.57. The van der Waals surface area contributed by atoms with Crippen LogP contribution in [0.4, 0.5) is 0 Å². The van der Waals surface area contributed by atoms with Crippen molar-refractivity contribution in [3.8, 4) is 5.75 Å². The fourth-order valence-corrected chi connectivity index (χ4v) is 1.68. The maximum atomic E-state index is 8.82. The molecule has 0 amide bonds. The largest absolute Gasteiger partial charge is 0.496 e. The van der Waals surface area contributed by atoms with Crippen molar-refractivity contribution in [2.45, 2.75) is 6.04 Å². The molecule has 0 aliphatic rings. The second kappa shape index (κ2) is 4.15. The first kappa shape index (κ1) is 8.29. The Bertz CT molecular complexity index is 225. The predicted molar refractivity (Wildman–Crippen MR) is 47.5 cm³/mol. The fraction of sp³-hybridized carbons (Fsp3) is 0.250. The van der Waals surface area contributed by atoms with Crippen molar-refractivity contribution < 1.29 is 9.53 Å². The molecule has 0 bridgehead atoms. The Morgan fingerprint density at radius 1 is 1.45 bits per heavy atom. The van der Waals surface area contributed by atoms with Crippen molar-refractivity contribution in [2.24, 2.45) is 0 Å². The van der Waals surface area contributed by atoms with E-state index in [1.165, 1.54) is 0 Å². The number of hydrogen-bond acceptors (Lipinski definition) is 2. The van der Waals surface area contributed by atoms with Crippen LogP contribution in [0, 0.1) is 0 Å². The number of rotatable bonds is 3. The van der Waals surface area contributed by atoms with Crippen molar-refractivity contribution in [3.05, 3.63) is 29.8 Å². The first-order valence-corrected chi connectivity index (χ1v) is 5.24. The molecule has 0 aliphatic carbocycles. The maximum absolute atomic E-state index is 8.82. The Hall–Kier alpha value is -0.803. The second-order valence-electron chi connectivity index (χ2n) is 2.29. The van der Waals surface area contributed by atoms with Crippen LogP contribution in [-0.4, -0.2) is 21.7 Å². The van der Waals surface area contributed by atoms with Crippen LogP contribution in [0.25, 0.3) is 0 Å². The quantitative estimate of drug-likeness (QED) is 0.657. The lowest BCUT2D eigenvalue weighted by Gasteiger charge is -2.04. The molecule has 1 N–H and O–H groups in total. The normalized spacial score (nSPS) is 10.7. The maximum Gasteiger partial charge on any atom is 0.161 e. The van der Waals surface area contributed by atoms with Gasteiger partial charge in [-0.1, -0.05) is 18.2 Å². The summed E-state index contributed by atoms with van der Waals surface area (Å²) in [6.45, 7) is 0. The van der Waals surface area contributed by atoms with E-state index >= 15 is 0 Å². The zero-order valence-corrected chi connectivity index (χ0v) is 7.99. The van der Waals surface area contributed by atoms with E-state index in [1.54, 1.807) is 7.11 Å². The third kappa shape index (κ3) is 2.06. The van der Waals surface area contributed by atoms with Crippen LogP contribution in [0.5, 0.6) is 5.75 Å². The van der Waals surface area contributed by atoms with Crippen LogP contribution < -0.4 is 4.74 Å². The average Bonchev–Trinajstić information content (AvgIpc) is 2.06. The highest BCUT2D eigenvalue weighted by molar-refractivity contribution is 6.24. The highest BCUT2D eigenvalue weighted by atomic mass is 28.2. The van der Waals surface area contributed by atoms with Gasteiger partial charge in [0.05, 0.1) is 7.11 Å². The molecule has 0 spiro atoms. The van der Waals surface area contributed by atoms with Crippen LogP contribution in [0.3, 0.4) is 0 Å². The van der Waals surface area contributed by atoms with Crippen LogP contribution >= 0.6 is 0 Å². The SMILES string of the molecule is COc1ccccc1C[SiH2]O. The minimum Gasteiger partial charge on any atom is -0.496 e. The van der Waals surface area contributed by atoms with Gasteiger partial charge in [0.2, 0.25) is 0 Å². The summed E-state index contributed by atoms with van der Waals surface area (Å²) in [7, 11) is 0.756. The lowest BCUT2D eigenvalue weighted by Crippen LogP contribution is -1.97. The summed E-state index contributed by atoms with van der Waals surface area (Å²) in [5, 5.41) is 0. The molecule has 1 aromatic rings. The zero-order chi connectivity index (χ0) is 8.10. The standard InChI is InChI=1S/C8H12O2Si/c1-10-8-5-3-2-4-7(8)6-11-9/h2-5,9H,6,11H2,1H3. The molecule has 0 saturated heterocycles. The van der Waals surface area contributed by atoms with Crippen molar-refractivity contribution in [2.75, 3.05) is 7.11 Å². The van der Waals surface area contributed by atoms with E-state index in [0.717, 1.165) is 17.4 Å². The number of benzene rings is 1. The summed E-state index contributed by atoms with van der Waals surface area (Å²) in [6.07, 6.45) is 0. The van der Waals surface area contributed by atoms with Gasteiger partial charge in [0.25, 0.3) is 0 Å². The first-order valence-electron chi connectivity index (χ1n) is 3.61. The summed E-state index contributed by atoms with van der Waals surface area (Å²) in [4.78, 5) is 8.82. The molecule has 11 heavy (non-hydrogen) atoms. The van der Waals surface area contributed by atoms with Gasteiger partial charge in [0, 0.05) is 0 Å². The first-order chi connectivity index (χ1) is 5.38. The zero-order valence-electron chi connectivity index (χ0n) is 6.58. The van der Waals surface area contributed by atoms with Gasteiger partial charge in [-0.2, -0.15) is 0 Å². The Kier molecular flexibility index (Phi) is 3.13. The van der Waals surface area contributed by atoms with Crippen LogP contribution in [-0.2, 0) is 6.04 Å². The second-order valence-corrected chi connectivity index (χ2v) is 3.23. The fourth-order valence-electron chi connectivity index (χ4n) is 1.03. The molecule has 0 radical (unpaired) electrons. The van der Waals surface area contributed by atoms with Gasteiger partial charge < -0.3 is 9.53 Å². The lowest BCUT2D eigenvalue weighted by molar-refractivity contribution is 0.410. The van der Waals surface area contributed by atoms with Crippen molar-refractivity contribution in [1.82, 2.24) is 0 Å². The molecule has 1 aromatic carbocycles. The molecule has 0 heterocycles. The molecule has 0 unspecified atom stereocenters. The Morgan fingerprint density at radius 2 is 2.18 bits per heavy atom. The Balaban J connectivity index is 2.83. The minimum absolute atomic E-state index is 0.796. The molecule has 0 fully saturated rings. The van der Waals surface area contributed by atoms with Crippen LogP contribution in [0.1, 0.15) is 5.56 Å². The van der Waals surface area contributed by atoms with Crippen LogP contribution in [0.2, 0.25) is 0 Å². The number of para-hydroxylation sites is 1. The topological polar surface area (TPSA) is 29.5 Å².